The van der Waals surface area contributed by atoms with Gasteiger partial charge in [0, 0.05) is 31.0 Å². The number of amides is 2. The van der Waals surface area contributed by atoms with Crippen molar-refractivity contribution in [1.82, 2.24) is 5.32 Å². The first-order valence-electron chi connectivity index (χ1n) is 9.11. The molecular weight excluding hydrogens is 326 g/mol. The Morgan fingerprint density at radius 1 is 1.08 bits per heavy atom. The summed E-state index contributed by atoms with van der Waals surface area (Å²) in [4.78, 5) is 14.4. The minimum atomic E-state index is -0.199. The van der Waals surface area contributed by atoms with Crippen LogP contribution in [0.1, 0.15) is 25.0 Å². The van der Waals surface area contributed by atoms with Crippen LogP contribution in [0.4, 0.5) is 16.2 Å². The molecule has 1 saturated heterocycles. The lowest BCUT2D eigenvalue weighted by Gasteiger charge is -2.36. The summed E-state index contributed by atoms with van der Waals surface area (Å²) in [5.74, 6) is 0. The summed E-state index contributed by atoms with van der Waals surface area (Å²) in [6.45, 7) is 8.51. The fourth-order valence-corrected chi connectivity index (χ4v) is 3.30. The average molecular weight is 353 g/mol. The number of hydrogen-bond acceptors (Lipinski definition) is 3. The van der Waals surface area contributed by atoms with Gasteiger partial charge in [0.25, 0.3) is 0 Å². The summed E-state index contributed by atoms with van der Waals surface area (Å²) in [6, 6.07) is 15.8. The SMILES string of the molecule is Cc1ccccc1CNC(=O)Nc1ccc(N2CC(C)OC(C)C2)cc1. The van der Waals surface area contributed by atoms with E-state index in [0.29, 0.717) is 6.54 Å². The predicted octanol–water partition coefficient (Wildman–Crippen LogP) is 3.93. The van der Waals surface area contributed by atoms with E-state index in [1.54, 1.807) is 0 Å². The molecule has 2 aromatic rings. The molecule has 2 atom stereocenters. The van der Waals surface area contributed by atoms with E-state index in [9.17, 15) is 4.79 Å². The van der Waals surface area contributed by atoms with Gasteiger partial charge in [-0.05, 0) is 56.2 Å². The molecule has 0 radical (unpaired) electrons. The van der Waals surface area contributed by atoms with Crippen molar-refractivity contribution in [2.24, 2.45) is 0 Å². The predicted molar refractivity (Wildman–Crippen MR) is 106 cm³/mol. The number of carbonyl (C=O) groups is 1. The number of nitrogens with one attached hydrogen (secondary N) is 2. The zero-order valence-electron chi connectivity index (χ0n) is 15.7. The first-order valence-corrected chi connectivity index (χ1v) is 9.11. The summed E-state index contributed by atoms with van der Waals surface area (Å²) in [5, 5.41) is 5.79. The lowest BCUT2D eigenvalue weighted by Crippen LogP contribution is -2.45. The Bertz CT molecular complexity index is 735. The van der Waals surface area contributed by atoms with Crippen LogP contribution in [0.25, 0.3) is 0 Å². The van der Waals surface area contributed by atoms with E-state index in [1.165, 1.54) is 5.56 Å². The number of hydrogen-bond donors (Lipinski definition) is 2. The van der Waals surface area contributed by atoms with Gasteiger partial charge in [0.2, 0.25) is 0 Å². The zero-order valence-corrected chi connectivity index (χ0v) is 15.7. The van der Waals surface area contributed by atoms with Gasteiger partial charge in [-0.1, -0.05) is 24.3 Å². The van der Waals surface area contributed by atoms with Gasteiger partial charge in [0.1, 0.15) is 0 Å². The molecule has 5 heteroatoms. The van der Waals surface area contributed by atoms with E-state index in [1.807, 2.05) is 55.5 Å². The lowest BCUT2D eigenvalue weighted by atomic mass is 10.1. The van der Waals surface area contributed by atoms with Crippen molar-refractivity contribution >= 4 is 17.4 Å². The van der Waals surface area contributed by atoms with Crippen molar-refractivity contribution < 1.29 is 9.53 Å². The normalized spacial score (nSPS) is 19.9. The van der Waals surface area contributed by atoms with Gasteiger partial charge >= 0.3 is 6.03 Å². The Balaban J connectivity index is 1.54. The molecular formula is C21H27N3O2. The summed E-state index contributed by atoms with van der Waals surface area (Å²) >= 11 is 0. The molecule has 1 heterocycles. The molecule has 2 N–H and O–H groups in total. The third-order valence-electron chi connectivity index (χ3n) is 4.61. The van der Waals surface area contributed by atoms with Gasteiger partial charge in [0.15, 0.2) is 0 Å². The smallest absolute Gasteiger partial charge is 0.319 e. The van der Waals surface area contributed by atoms with Crippen LogP contribution < -0.4 is 15.5 Å². The summed E-state index contributed by atoms with van der Waals surface area (Å²) < 4.78 is 5.78. The van der Waals surface area contributed by atoms with Crippen molar-refractivity contribution in [2.75, 3.05) is 23.3 Å². The van der Waals surface area contributed by atoms with E-state index < -0.39 is 0 Å². The Kier molecular flexibility index (Phi) is 5.78. The van der Waals surface area contributed by atoms with Gasteiger partial charge in [0.05, 0.1) is 12.2 Å². The minimum absolute atomic E-state index is 0.199. The van der Waals surface area contributed by atoms with Crippen LogP contribution in [-0.4, -0.2) is 31.3 Å². The van der Waals surface area contributed by atoms with Crippen LogP contribution in [0.3, 0.4) is 0 Å². The van der Waals surface area contributed by atoms with Crippen LogP contribution >= 0.6 is 0 Å². The highest BCUT2D eigenvalue weighted by Crippen LogP contribution is 2.22. The Labute approximate surface area is 155 Å². The van der Waals surface area contributed by atoms with Crippen molar-refractivity contribution in [3.8, 4) is 0 Å². The largest absolute Gasteiger partial charge is 0.372 e. The van der Waals surface area contributed by atoms with E-state index in [2.05, 4.69) is 29.4 Å². The zero-order chi connectivity index (χ0) is 18.5. The highest BCUT2D eigenvalue weighted by Gasteiger charge is 2.22. The van der Waals surface area contributed by atoms with Gasteiger partial charge in [-0.15, -0.1) is 0 Å². The minimum Gasteiger partial charge on any atom is -0.372 e. The molecule has 3 rings (SSSR count). The van der Waals surface area contributed by atoms with Crippen LogP contribution in [0, 0.1) is 6.92 Å². The van der Waals surface area contributed by atoms with Crippen LogP contribution in [0.15, 0.2) is 48.5 Å². The van der Waals surface area contributed by atoms with E-state index >= 15 is 0 Å². The third-order valence-corrected chi connectivity index (χ3v) is 4.61. The number of benzene rings is 2. The second kappa shape index (κ2) is 8.23. The topological polar surface area (TPSA) is 53.6 Å². The fraction of sp³-hybridized carbons (Fsp3) is 0.381. The third kappa shape index (κ3) is 4.76. The summed E-state index contributed by atoms with van der Waals surface area (Å²) in [6.07, 6.45) is 0.451. The highest BCUT2D eigenvalue weighted by atomic mass is 16.5. The molecule has 138 valence electrons. The molecule has 0 bridgehead atoms. The standard InChI is InChI=1S/C21H27N3O2/c1-15-6-4-5-7-18(15)12-22-21(25)23-19-8-10-20(11-9-19)24-13-16(2)26-17(3)14-24/h4-11,16-17H,12-14H2,1-3H3,(H2,22,23,25). The molecule has 2 amide bonds. The summed E-state index contributed by atoms with van der Waals surface area (Å²) in [7, 11) is 0. The molecule has 0 aromatic heterocycles. The van der Waals surface area contributed by atoms with Gasteiger partial charge in [-0.25, -0.2) is 4.79 Å². The number of carbonyl (C=O) groups excluding carboxylic acids is 1. The highest BCUT2D eigenvalue weighted by molar-refractivity contribution is 5.89. The molecule has 26 heavy (non-hydrogen) atoms. The molecule has 0 aliphatic carbocycles. The molecule has 0 spiro atoms. The van der Waals surface area contributed by atoms with Gasteiger partial charge in [-0.2, -0.15) is 0 Å². The van der Waals surface area contributed by atoms with Crippen LogP contribution in [0.5, 0.6) is 0 Å². The Hall–Kier alpha value is -2.53. The van der Waals surface area contributed by atoms with Gasteiger partial charge in [-0.3, -0.25) is 0 Å². The van der Waals surface area contributed by atoms with Crippen molar-refractivity contribution in [3.63, 3.8) is 0 Å². The van der Waals surface area contributed by atoms with E-state index in [-0.39, 0.29) is 18.2 Å². The first kappa shape index (κ1) is 18.3. The maximum absolute atomic E-state index is 12.1. The number of anilines is 2. The second-order valence-corrected chi connectivity index (χ2v) is 6.94. The maximum atomic E-state index is 12.1. The number of ether oxygens (including phenoxy) is 1. The number of nitrogens with zero attached hydrogens (tertiary/aromatic N) is 1. The van der Waals surface area contributed by atoms with E-state index in [4.69, 9.17) is 4.74 Å². The summed E-state index contributed by atoms with van der Waals surface area (Å²) in [5.41, 5.74) is 4.22. The molecule has 5 nitrogen and oxygen atoms in total. The molecule has 1 aliphatic heterocycles. The lowest BCUT2D eigenvalue weighted by molar-refractivity contribution is -0.00521. The van der Waals surface area contributed by atoms with Crippen molar-refractivity contribution in [2.45, 2.75) is 39.5 Å². The second-order valence-electron chi connectivity index (χ2n) is 6.94. The van der Waals surface area contributed by atoms with Crippen LogP contribution in [0.2, 0.25) is 0 Å². The molecule has 2 unspecified atom stereocenters. The van der Waals surface area contributed by atoms with Gasteiger partial charge < -0.3 is 20.3 Å². The number of morpholine rings is 1. The number of rotatable bonds is 4. The number of urea groups is 1. The first-order chi connectivity index (χ1) is 12.5. The average Bonchev–Trinajstić information content (AvgIpc) is 2.61. The monoisotopic (exact) mass is 353 g/mol. The fourth-order valence-electron chi connectivity index (χ4n) is 3.30. The molecule has 2 aromatic carbocycles. The Morgan fingerprint density at radius 2 is 1.73 bits per heavy atom. The maximum Gasteiger partial charge on any atom is 0.319 e. The van der Waals surface area contributed by atoms with Crippen LogP contribution in [-0.2, 0) is 11.3 Å². The molecule has 1 fully saturated rings. The number of aryl methyl sites for hydroxylation is 1. The quantitative estimate of drug-likeness (QED) is 0.876. The molecule has 0 saturated carbocycles. The van der Waals surface area contributed by atoms with E-state index in [0.717, 1.165) is 30.0 Å². The molecule has 1 aliphatic rings. The van der Waals surface area contributed by atoms with Crippen molar-refractivity contribution in [3.05, 3.63) is 59.7 Å². The van der Waals surface area contributed by atoms with Crippen molar-refractivity contribution in [1.29, 1.82) is 0 Å². The Morgan fingerprint density at radius 3 is 2.38 bits per heavy atom.